The standard InChI is InChI=1S/C15H12ClN3OS/c1-20-13-5-3-2-4-12(13)19-14(17-18-15(19)21)10-6-8-11(16)9-7-10/h2-9H,1H3,(H,18,21). The number of para-hydroxylation sites is 2. The highest BCUT2D eigenvalue weighted by atomic mass is 35.5. The molecule has 3 aromatic rings. The van der Waals surface area contributed by atoms with Crippen molar-refractivity contribution in [1.82, 2.24) is 14.8 Å². The number of hydrogen-bond acceptors (Lipinski definition) is 3. The summed E-state index contributed by atoms with van der Waals surface area (Å²) in [5.41, 5.74) is 1.75. The van der Waals surface area contributed by atoms with E-state index in [1.165, 1.54) is 0 Å². The van der Waals surface area contributed by atoms with E-state index >= 15 is 0 Å². The summed E-state index contributed by atoms with van der Waals surface area (Å²) in [7, 11) is 1.63. The molecule has 21 heavy (non-hydrogen) atoms. The maximum atomic E-state index is 5.93. The molecule has 0 saturated heterocycles. The number of aromatic nitrogens is 3. The van der Waals surface area contributed by atoms with Gasteiger partial charge in [-0.15, -0.1) is 0 Å². The van der Waals surface area contributed by atoms with Crippen LogP contribution in [-0.2, 0) is 0 Å². The Balaban J connectivity index is 2.22. The van der Waals surface area contributed by atoms with Crippen molar-refractivity contribution in [2.45, 2.75) is 0 Å². The highest BCUT2D eigenvalue weighted by molar-refractivity contribution is 7.71. The molecular weight excluding hydrogens is 306 g/mol. The molecule has 0 spiro atoms. The van der Waals surface area contributed by atoms with Gasteiger partial charge in [-0.1, -0.05) is 23.7 Å². The van der Waals surface area contributed by atoms with Gasteiger partial charge in [-0.3, -0.25) is 9.67 Å². The number of halogens is 1. The Morgan fingerprint density at radius 2 is 1.86 bits per heavy atom. The fourth-order valence-electron chi connectivity index (χ4n) is 2.13. The number of benzene rings is 2. The molecule has 1 heterocycles. The molecule has 2 aromatic carbocycles. The third-order valence-electron chi connectivity index (χ3n) is 3.10. The minimum Gasteiger partial charge on any atom is -0.495 e. The number of hydrogen-bond donors (Lipinski definition) is 1. The molecule has 106 valence electrons. The first kappa shape index (κ1) is 13.9. The van der Waals surface area contributed by atoms with E-state index in [4.69, 9.17) is 28.6 Å². The molecule has 0 aliphatic rings. The summed E-state index contributed by atoms with van der Waals surface area (Å²) in [6.45, 7) is 0. The second-order valence-electron chi connectivity index (χ2n) is 4.37. The van der Waals surface area contributed by atoms with Gasteiger partial charge in [-0.05, 0) is 48.6 Å². The Bertz CT molecular complexity index is 823. The van der Waals surface area contributed by atoms with Crippen LogP contribution in [0.5, 0.6) is 5.75 Å². The highest BCUT2D eigenvalue weighted by Gasteiger charge is 2.13. The fraction of sp³-hybridized carbons (Fsp3) is 0.0667. The van der Waals surface area contributed by atoms with Gasteiger partial charge in [0.15, 0.2) is 10.6 Å². The Kier molecular flexibility index (Phi) is 3.77. The van der Waals surface area contributed by atoms with Crippen LogP contribution in [0.4, 0.5) is 0 Å². The molecule has 1 aromatic heterocycles. The van der Waals surface area contributed by atoms with Crippen LogP contribution in [0.2, 0.25) is 5.02 Å². The van der Waals surface area contributed by atoms with Crippen molar-refractivity contribution < 1.29 is 4.74 Å². The molecule has 0 fully saturated rings. The number of H-pyrrole nitrogens is 1. The Labute approximate surface area is 132 Å². The van der Waals surface area contributed by atoms with E-state index in [1.807, 2.05) is 53.1 Å². The Hall–Kier alpha value is -2.11. The van der Waals surface area contributed by atoms with Gasteiger partial charge in [0.2, 0.25) is 0 Å². The molecule has 0 atom stereocenters. The number of nitrogens with zero attached hydrogens (tertiary/aromatic N) is 2. The molecular formula is C15H12ClN3OS. The first-order valence-corrected chi connectivity index (χ1v) is 7.06. The van der Waals surface area contributed by atoms with E-state index in [2.05, 4.69) is 10.2 Å². The zero-order valence-electron chi connectivity index (χ0n) is 11.2. The van der Waals surface area contributed by atoms with E-state index < -0.39 is 0 Å². The molecule has 4 nitrogen and oxygen atoms in total. The van der Waals surface area contributed by atoms with Gasteiger partial charge < -0.3 is 4.74 Å². The smallest absolute Gasteiger partial charge is 0.200 e. The Morgan fingerprint density at radius 1 is 1.14 bits per heavy atom. The van der Waals surface area contributed by atoms with Crippen LogP contribution < -0.4 is 4.74 Å². The molecule has 6 heteroatoms. The second-order valence-corrected chi connectivity index (χ2v) is 5.19. The predicted octanol–water partition coefficient (Wildman–Crippen LogP) is 4.26. The molecule has 0 aliphatic carbocycles. The number of methoxy groups -OCH3 is 1. The summed E-state index contributed by atoms with van der Waals surface area (Å²) in [6, 6.07) is 15.1. The third-order valence-corrected chi connectivity index (χ3v) is 3.63. The SMILES string of the molecule is COc1ccccc1-n1c(-c2ccc(Cl)cc2)n[nH]c1=S. The molecule has 0 unspecified atom stereocenters. The lowest BCUT2D eigenvalue weighted by atomic mass is 10.2. The van der Waals surface area contributed by atoms with Crippen LogP contribution in [0.3, 0.4) is 0 Å². The lowest BCUT2D eigenvalue weighted by Gasteiger charge is -2.11. The molecule has 1 N–H and O–H groups in total. The second kappa shape index (κ2) is 5.71. The summed E-state index contributed by atoms with van der Waals surface area (Å²) in [5, 5.41) is 7.82. The summed E-state index contributed by atoms with van der Waals surface area (Å²) < 4.78 is 7.75. The number of rotatable bonds is 3. The van der Waals surface area contributed by atoms with Gasteiger partial charge in [0.05, 0.1) is 12.8 Å². The summed E-state index contributed by atoms with van der Waals surface area (Å²) in [6.07, 6.45) is 0. The predicted molar refractivity (Wildman–Crippen MR) is 85.7 cm³/mol. The largest absolute Gasteiger partial charge is 0.495 e. The van der Waals surface area contributed by atoms with Crippen LogP contribution in [-0.4, -0.2) is 21.9 Å². The number of aromatic amines is 1. The topological polar surface area (TPSA) is 42.8 Å². The van der Waals surface area contributed by atoms with E-state index in [9.17, 15) is 0 Å². The van der Waals surface area contributed by atoms with Crippen molar-refractivity contribution >= 4 is 23.8 Å². The van der Waals surface area contributed by atoms with Crippen molar-refractivity contribution in [1.29, 1.82) is 0 Å². The van der Waals surface area contributed by atoms with Gasteiger partial charge in [0, 0.05) is 10.6 Å². The first-order valence-electron chi connectivity index (χ1n) is 6.27. The maximum Gasteiger partial charge on any atom is 0.200 e. The van der Waals surface area contributed by atoms with E-state index in [0.717, 1.165) is 17.0 Å². The van der Waals surface area contributed by atoms with Crippen LogP contribution in [0.15, 0.2) is 48.5 Å². The van der Waals surface area contributed by atoms with Gasteiger partial charge in [-0.25, -0.2) is 0 Å². The zero-order valence-corrected chi connectivity index (χ0v) is 12.8. The molecule has 0 saturated carbocycles. The molecule has 3 rings (SSSR count). The van der Waals surface area contributed by atoms with Crippen LogP contribution in [0.25, 0.3) is 17.1 Å². The highest BCUT2D eigenvalue weighted by Crippen LogP contribution is 2.28. The average Bonchev–Trinajstić information content (AvgIpc) is 2.89. The minimum atomic E-state index is 0.504. The summed E-state index contributed by atoms with van der Waals surface area (Å²) >= 11 is 11.3. The first-order chi connectivity index (χ1) is 10.2. The molecule has 0 radical (unpaired) electrons. The van der Waals surface area contributed by atoms with Gasteiger partial charge in [-0.2, -0.15) is 5.10 Å². The van der Waals surface area contributed by atoms with Crippen molar-refractivity contribution in [3.63, 3.8) is 0 Å². The van der Waals surface area contributed by atoms with Crippen molar-refractivity contribution in [3.8, 4) is 22.8 Å². The minimum absolute atomic E-state index is 0.504. The molecule has 0 bridgehead atoms. The summed E-state index contributed by atoms with van der Waals surface area (Å²) in [4.78, 5) is 0. The zero-order chi connectivity index (χ0) is 14.8. The normalized spacial score (nSPS) is 10.6. The third kappa shape index (κ3) is 2.57. The number of nitrogens with one attached hydrogen (secondary N) is 1. The van der Waals surface area contributed by atoms with Gasteiger partial charge in [0.1, 0.15) is 5.75 Å². The average molecular weight is 318 g/mol. The monoisotopic (exact) mass is 317 g/mol. The van der Waals surface area contributed by atoms with Crippen LogP contribution in [0.1, 0.15) is 0 Å². The van der Waals surface area contributed by atoms with Crippen molar-refractivity contribution in [3.05, 3.63) is 58.3 Å². The lowest BCUT2D eigenvalue weighted by Crippen LogP contribution is -2.00. The van der Waals surface area contributed by atoms with Gasteiger partial charge in [0.25, 0.3) is 0 Å². The van der Waals surface area contributed by atoms with E-state index in [0.29, 0.717) is 15.6 Å². The maximum absolute atomic E-state index is 5.93. The summed E-state index contributed by atoms with van der Waals surface area (Å²) in [5.74, 6) is 1.44. The number of ether oxygens (including phenoxy) is 1. The Morgan fingerprint density at radius 3 is 2.57 bits per heavy atom. The van der Waals surface area contributed by atoms with Crippen molar-refractivity contribution in [2.24, 2.45) is 0 Å². The van der Waals surface area contributed by atoms with E-state index in [-0.39, 0.29) is 0 Å². The van der Waals surface area contributed by atoms with Gasteiger partial charge >= 0.3 is 0 Å². The molecule has 0 aliphatic heterocycles. The fourth-order valence-corrected chi connectivity index (χ4v) is 2.48. The van der Waals surface area contributed by atoms with E-state index in [1.54, 1.807) is 7.11 Å². The quantitative estimate of drug-likeness (QED) is 0.734. The molecule has 0 amide bonds. The van der Waals surface area contributed by atoms with Crippen molar-refractivity contribution in [2.75, 3.05) is 7.11 Å². The van der Waals surface area contributed by atoms with Crippen LogP contribution in [0, 0.1) is 4.77 Å². The van der Waals surface area contributed by atoms with Crippen LogP contribution >= 0.6 is 23.8 Å². The lowest BCUT2D eigenvalue weighted by molar-refractivity contribution is 0.413.